The fraction of sp³-hybridized carbons (Fsp3) is 0.538. The van der Waals surface area contributed by atoms with Gasteiger partial charge < -0.3 is 14.4 Å². The van der Waals surface area contributed by atoms with E-state index in [9.17, 15) is 4.79 Å². The molecule has 5 nitrogen and oxygen atoms in total. The highest BCUT2D eigenvalue weighted by Crippen LogP contribution is 2.32. The highest BCUT2D eigenvalue weighted by atomic mass is 35.5. The van der Waals surface area contributed by atoms with Crippen LogP contribution in [0.2, 0.25) is 5.02 Å². The van der Waals surface area contributed by atoms with Gasteiger partial charge in [-0.15, -0.1) is 0 Å². The van der Waals surface area contributed by atoms with E-state index in [1.54, 1.807) is 17.2 Å². The third-order valence-corrected chi connectivity index (χ3v) is 3.95. The Morgan fingerprint density at radius 3 is 2.63 bits per heavy atom. The van der Waals surface area contributed by atoms with E-state index >= 15 is 0 Å². The summed E-state index contributed by atoms with van der Waals surface area (Å²) in [5.41, 5.74) is 0.452. The molecule has 2 saturated heterocycles. The normalized spacial score (nSPS) is 21.8. The molecule has 0 bridgehead atoms. The minimum absolute atomic E-state index is 0.0778. The lowest BCUT2D eigenvalue weighted by molar-refractivity contribution is -0.181. The molecule has 19 heavy (non-hydrogen) atoms. The van der Waals surface area contributed by atoms with Crippen LogP contribution in [0.1, 0.15) is 23.2 Å². The summed E-state index contributed by atoms with van der Waals surface area (Å²) in [7, 11) is 0. The summed E-state index contributed by atoms with van der Waals surface area (Å²) in [4.78, 5) is 18.1. The molecular formula is C13H15ClN2O3. The van der Waals surface area contributed by atoms with Gasteiger partial charge in [-0.1, -0.05) is 11.6 Å². The average Bonchev–Trinajstić information content (AvgIpc) is 2.88. The zero-order chi connectivity index (χ0) is 13.3. The highest BCUT2D eigenvalue weighted by molar-refractivity contribution is 6.33. The number of aromatic nitrogens is 1. The van der Waals surface area contributed by atoms with Crippen LogP contribution in [0.5, 0.6) is 0 Å². The number of halogens is 1. The van der Waals surface area contributed by atoms with E-state index in [4.69, 9.17) is 21.1 Å². The van der Waals surface area contributed by atoms with Crippen LogP contribution in [-0.4, -0.2) is 47.9 Å². The molecule has 1 aromatic rings. The van der Waals surface area contributed by atoms with Crippen LogP contribution in [0.4, 0.5) is 0 Å². The number of hydrogen-bond donors (Lipinski definition) is 0. The van der Waals surface area contributed by atoms with Crippen molar-refractivity contribution in [3.05, 3.63) is 29.0 Å². The molecule has 0 aliphatic carbocycles. The summed E-state index contributed by atoms with van der Waals surface area (Å²) in [5, 5.41) is 0.439. The molecule has 1 amide bonds. The molecule has 102 valence electrons. The molecule has 1 spiro atoms. The maximum atomic E-state index is 12.3. The van der Waals surface area contributed by atoms with E-state index < -0.39 is 5.79 Å². The molecule has 3 rings (SSSR count). The Morgan fingerprint density at radius 1 is 1.32 bits per heavy atom. The number of rotatable bonds is 1. The number of nitrogens with zero attached hydrogens (tertiary/aromatic N) is 2. The van der Waals surface area contributed by atoms with Crippen molar-refractivity contribution in [3.8, 4) is 0 Å². The molecule has 0 radical (unpaired) electrons. The van der Waals surface area contributed by atoms with E-state index in [2.05, 4.69) is 4.98 Å². The maximum Gasteiger partial charge on any atom is 0.256 e. The van der Waals surface area contributed by atoms with Crippen molar-refractivity contribution < 1.29 is 14.3 Å². The van der Waals surface area contributed by atoms with E-state index in [0.717, 1.165) is 0 Å². The van der Waals surface area contributed by atoms with Crippen molar-refractivity contribution in [1.82, 2.24) is 9.88 Å². The largest absolute Gasteiger partial charge is 0.347 e. The first-order chi connectivity index (χ1) is 9.20. The summed E-state index contributed by atoms with van der Waals surface area (Å²) in [6.45, 7) is 2.51. The summed E-state index contributed by atoms with van der Waals surface area (Å²) >= 11 is 6.02. The third-order valence-electron chi connectivity index (χ3n) is 3.62. The Hall–Kier alpha value is -1.17. The van der Waals surface area contributed by atoms with Crippen LogP contribution in [0.25, 0.3) is 0 Å². The second kappa shape index (κ2) is 5.07. The maximum absolute atomic E-state index is 12.3. The lowest BCUT2D eigenvalue weighted by Gasteiger charge is -2.37. The quantitative estimate of drug-likeness (QED) is 0.787. The van der Waals surface area contributed by atoms with Crippen molar-refractivity contribution in [2.24, 2.45) is 0 Å². The van der Waals surface area contributed by atoms with Crippen LogP contribution < -0.4 is 0 Å². The van der Waals surface area contributed by atoms with Gasteiger partial charge in [0.15, 0.2) is 5.79 Å². The Kier molecular flexibility index (Phi) is 3.43. The van der Waals surface area contributed by atoms with Gasteiger partial charge in [0.1, 0.15) is 0 Å². The van der Waals surface area contributed by atoms with Crippen LogP contribution in [0.3, 0.4) is 0 Å². The van der Waals surface area contributed by atoms with Crippen molar-refractivity contribution in [1.29, 1.82) is 0 Å². The Morgan fingerprint density at radius 2 is 2.00 bits per heavy atom. The first-order valence-corrected chi connectivity index (χ1v) is 6.75. The third kappa shape index (κ3) is 2.45. The van der Waals surface area contributed by atoms with Crippen LogP contribution in [0.15, 0.2) is 18.5 Å². The minimum atomic E-state index is -0.463. The molecule has 2 fully saturated rings. The van der Waals surface area contributed by atoms with Crippen molar-refractivity contribution >= 4 is 17.5 Å². The Bertz CT molecular complexity index is 479. The average molecular weight is 283 g/mol. The van der Waals surface area contributed by atoms with Gasteiger partial charge in [0, 0.05) is 38.3 Å². The highest BCUT2D eigenvalue weighted by Gasteiger charge is 2.41. The number of ether oxygens (including phenoxy) is 2. The number of piperidine rings is 1. The number of carbonyl (C=O) groups is 1. The van der Waals surface area contributed by atoms with Gasteiger partial charge in [-0.25, -0.2) is 0 Å². The number of likely N-dealkylation sites (tertiary alicyclic amines) is 1. The molecule has 0 N–H and O–H groups in total. The molecule has 1 aromatic heterocycles. The molecule has 0 unspecified atom stereocenters. The zero-order valence-corrected chi connectivity index (χ0v) is 11.2. The van der Waals surface area contributed by atoms with Crippen molar-refractivity contribution in [2.75, 3.05) is 26.3 Å². The van der Waals surface area contributed by atoms with E-state index in [-0.39, 0.29) is 5.91 Å². The molecule has 0 aromatic carbocycles. The second-order valence-corrected chi connectivity index (χ2v) is 5.16. The first-order valence-electron chi connectivity index (χ1n) is 6.37. The number of hydrogen-bond acceptors (Lipinski definition) is 4. The van der Waals surface area contributed by atoms with Gasteiger partial charge in [-0.2, -0.15) is 0 Å². The molecule has 3 heterocycles. The molecule has 0 atom stereocenters. The molecule has 6 heteroatoms. The van der Waals surface area contributed by atoms with Gasteiger partial charge in [-0.05, 0) is 6.07 Å². The van der Waals surface area contributed by atoms with E-state index in [1.165, 1.54) is 6.20 Å². The Balaban J connectivity index is 1.68. The fourth-order valence-corrected chi connectivity index (χ4v) is 2.73. The summed E-state index contributed by atoms with van der Waals surface area (Å²) in [5.74, 6) is -0.541. The molecular weight excluding hydrogens is 268 g/mol. The predicted octanol–water partition coefficient (Wildman–Crippen LogP) is 1.71. The van der Waals surface area contributed by atoms with Gasteiger partial charge in [0.25, 0.3) is 5.91 Å². The lowest BCUT2D eigenvalue weighted by Crippen LogP contribution is -2.47. The molecule has 2 aliphatic heterocycles. The summed E-state index contributed by atoms with van der Waals surface area (Å²) < 4.78 is 11.3. The summed E-state index contributed by atoms with van der Waals surface area (Å²) in [6, 6.07) is 1.63. The van der Waals surface area contributed by atoms with Gasteiger partial charge >= 0.3 is 0 Å². The van der Waals surface area contributed by atoms with Crippen LogP contribution in [0, 0.1) is 0 Å². The number of carbonyl (C=O) groups excluding carboxylic acids is 1. The topological polar surface area (TPSA) is 51.7 Å². The minimum Gasteiger partial charge on any atom is -0.347 e. The lowest BCUT2D eigenvalue weighted by atomic mass is 10.0. The fourth-order valence-electron chi connectivity index (χ4n) is 2.54. The predicted molar refractivity (Wildman–Crippen MR) is 69.0 cm³/mol. The summed E-state index contributed by atoms with van der Waals surface area (Å²) in [6.07, 6.45) is 4.50. The van der Waals surface area contributed by atoms with Gasteiger partial charge in [0.2, 0.25) is 0 Å². The monoisotopic (exact) mass is 282 g/mol. The number of pyridine rings is 1. The van der Waals surface area contributed by atoms with Gasteiger partial charge in [-0.3, -0.25) is 9.78 Å². The Labute approximate surface area is 116 Å². The van der Waals surface area contributed by atoms with E-state index in [0.29, 0.717) is 49.7 Å². The molecule has 0 saturated carbocycles. The van der Waals surface area contributed by atoms with E-state index in [1.807, 2.05) is 0 Å². The standard InChI is InChI=1S/C13H15ClN2O3/c14-11-1-4-15-9-10(11)12(17)16-5-2-13(3-6-16)18-7-8-19-13/h1,4,9H,2-3,5-8H2. The van der Waals surface area contributed by atoms with Crippen molar-refractivity contribution in [3.63, 3.8) is 0 Å². The number of amides is 1. The zero-order valence-electron chi connectivity index (χ0n) is 10.5. The van der Waals surface area contributed by atoms with Crippen LogP contribution >= 0.6 is 11.6 Å². The smallest absolute Gasteiger partial charge is 0.256 e. The van der Waals surface area contributed by atoms with Gasteiger partial charge in [0.05, 0.1) is 23.8 Å². The first kappa shape index (κ1) is 12.8. The molecule has 2 aliphatic rings. The van der Waals surface area contributed by atoms with Crippen molar-refractivity contribution in [2.45, 2.75) is 18.6 Å². The SMILES string of the molecule is O=C(c1cnccc1Cl)N1CCC2(CC1)OCCO2. The second-order valence-electron chi connectivity index (χ2n) is 4.76. The van der Waals surface area contributed by atoms with Crippen LogP contribution in [-0.2, 0) is 9.47 Å².